The van der Waals surface area contributed by atoms with Gasteiger partial charge in [0.1, 0.15) is 17.3 Å². The van der Waals surface area contributed by atoms with Crippen molar-refractivity contribution in [1.82, 2.24) is 5.32 Å². The van der Waals surface area contributed by atoms with Crippen molar-refractivity contribution in [2.75, 3.05) is 6.54 Å². The van der Waals surface area contributed by atoms with Crippen molar-refractivity contribution in [2.24, 2.45) is 0 Å². The van der Waals surface area contributed by atoms with Crippen LogP contribution in [0, 0.1) is 12.7 Å². The molecule has 0 saturated heterocycles. The summed E-state index contributed by atoms with van der Waals surface area (Å²) in [5, 5.41) is 3.27. The van der Waals surface area contributed by atoms with Gasteiger partial charge in [-0.3, -0.25) is 0 Å². The van der Waals surface area contributed by atoms with Crippen LogP contribution in [-0.2, 0) is 6.54 Å². The van der Waals surface area contributed by atoms with Crippen LogP contribution in [0.25, 0.3) is 0 Å². The molecule has 0 unspecified atom stereocenters. The van der Waals surface area contributed by atoms with Crippen LogP contribution in [0.2, 0.25) is 0 Å². The molecule has 0 fully saturated rings. The summed E-state index contributed by atoms with van der Waals surface area (Å²) in [6.07, 6.45) is 0. The Kier molecular flexibility index (Phi) is 5.15. The molecule has 0 amide bonds. The topological polar surface area (TPSA) is 21.3 Å². The van der Waals surface area contributed by atoms with E-state index in [-0.39, 0.29) is 5.82 Å². The molecular formula is C16H17BrFNO. The Hall–Kier alpha value is -1.39. The predicted molar refractivity (Wildman–Crippen MR) is 82.7 cm³/mol. The molecule has 0 atom stereocenters. The summed E-state index contributed by atoms with van der Waals surface area (Å²) in [7, 11) is 0. The molecule has 0 radical (unpaired) electrons. The van der Waals surface area contributed by atoms with Crippen LogP contribution in [0.5, 0.6) is 11.5 Å². The fourth-order valence-electron chi connectivity index (χ4n) is 1.85. The first-order chi connectivity index (χ1) is 9.60. The second-order valence-corrected chi connectivity index (χ2v) is 5.46. The van der Waals surface area contributed by atoms with Gasteiger partial charge in [-0.2, -0.15) is 0 Å². The number of hydrogen-bond acceptors (Lipinski definition) is 2. The summed E-state index contributed by atoms with van der Waals surface area (Å²) in [5.74, 6) is 0.990. The molecule has 2 nitrogen and oxygen atoms in total. The first kappa shape index (κ1) is 15.0. The first-order valence-electron chi connectivity index (χ1n) is 6.53. The highest BCUT2D eigenvalue weighted by Gasteiger charge is 2.08. The van der Waals surface area contributed by atoms with E-state index in [1.165, 1.54) is 12.1 Å². The van der Waals surface area contributed by atoms with Crippen LogP contribution < -0.4 is 10.1 Å². The zero-order valence-corrected chi connectivity index (χ0v) is 13.1. The van der Waals surface area contributed by atoms with Crippen molar-refractivity contribution in [3.63, 3.8) is 0 Å². The molecule has 2 rings (SSSR count). The van der Waals surface area contributed by atoms with Gasteiger partial charge in [-0.1, -0.05) is 28.9 Å². The maximum Gasteiger partial charge on any atom is 0.133 e. The third kappa shape index (κ3) is 3.81. The van der Waals surface area contributed by atoms with Gasteiger partial charge in [0.2, 0.25) is 0 Å². The first-order valence-corrected chi connectivity index (χ1v) is 7.32. The summed E-state index contributed by atoms with van der Waals surface area (Å²) in [4.78, 5) is 0. The molecule has 0 bridgehead atoms. The lowest BCUT2D eigenvalue weighted by molar-refractivity contribution is 0.464. The summed E-state index contributed by atoms with van der Waals surface area (Å²) in [5.41, 5.74) is 1.94. The van der Waals surface area contributed by atoms with Gasteiger partial charge in [0, 0.05) is 22.6 Å². The lowest BCUT2D eigenvalue weighted by Crippen LogP contribution is -2.12. The van der Waals surface area contributed by atoms with Gasteiger partial charge < -0.3 is 10.1 Å². The van der Waals surface area contributed by atoms with E-state index in [1.807, 2.05) is 25.1 Å². The van der Waals surface area contributed by atoms with Crippen molar-refractivity contribution < 1.29 is 9.13 Å². The van der Waals surface area contributed by atoms with Crippen LogP contribution >= 0.6 is 15.9 Å². The predicted octanol–water partition coefficient (Wildman–Crippen LogP) is 4.80. The molecule has 0 aromatic heterocycles. The van der Waals surface area contributed by atoms with E-state index < -0.39 is 0 Å². The summed E-state index contributed by atoms with van der Waals surface area (Å²) < 4.78 is 20.2. The number of hydrogen-bond donors (Lipinski definition) is 1. The van der Waals surface area contributed by atoms with Crippen LogP contribution in [0.15, 0.2) is 40.9 Å². The third-order valence-corrected chi connectivity index (χ3v) is 3.45. The van der Waals surface area contributed by atoms with Gasteiger partial charge in [-0.05, 0) is 43.3 Å². The molecule has 0 aliphatic heterocycles. The van der Waals surface area contributed by atoms with Gasteiger partial charge in [0.15, 0.2) is 0 Å². The molecule has 0 aliphatic rings. The molecule has 0 heterocycles. The van der Waals surface area contributed by atoms with Gasteiger partial charge in [-0.15, -0.1) is 0 Å². The van der Waals surface area contributed by atoms with Gasteiger partial charge >= 0.3 is 0 Å². The zero-order valence-electron chi connectivity index (χ0n) is 11.5. The Balaban J connectivity index is 2.30. The highest BCUT2D eigenvalue weighted by Crippen LogP contribution is 2.30. The van der Waals surface area contributed by atoms with Gasteiger partial charge in [0.25, 0.3) is 0 Å². The number of aryl methyl sites for hydroxylation is 1. The average molecular weight is 338 g/mol. The number of halogens is 2. The normalized spacial score (nSPS) is 10.6. The van der Waals surface area contributed by atoms with E-state index in [0.29, 0.717) is 12.3 Å². The SMILES string of the molecule is CCNCc1cc(Br)ccc1Oc1cc(F)ccc1C. The lowest BCUT2D eigenvalue weighted by atomic mass is 10.2. The van der Waals surface area contributed by atoms with Crippen LogP contribution in [0.4, 0.5) is 4.39 Å². The molecule has 4 heteroatoms. The molecule has 0 spiro atoms. The minimum absolute atomic E-state index is 0.295. The summed E-state index contributed by atoms with van der Waals surface area (Å²) in [6, 6.07) is 10.4. The molecule has 20 heavy (non-hydrogen) atoms. The smallest absolute Gasteiger partial charge is 0.133 e. The Labute approximate surface area is 127 Å². The molecule has 1 N–H and O–H groups in total. The average Bonchev–Trinajstić information content (AvgIpc) is 2.43. The molecule has 0 aliphatic carbocycles. The van der Waals surface area contributed by atoms with Crippen LogP contribution in [0.1, 0.15) is 18.1 Å². The largest absolute Gasteiger partial charge is 0.457 e. The van der Waals surface area contributed by atoms with E-state index in [9.17, 15) is 4.39 Å². The van der Waals surface area contributed by atoms with Crippen molar-refractivity contribution >= 4 is 15.9 Å². The molecular weight excluding hydrogens is 321 g/mol. The van der Waals surface area contributed by atoms with Crippen molar-refractivity contribution in [1.29, 1.82) is 0 Å². The number of benzene rings is 2. The maximum absolute atomic E-state index is 13.3. The van der Waals surface area contributed by atoms with Crippen molar-refractivity contribution in [3.8, 4) is 11.5 Å². The summed E-state index contributed by atoms with van der Waals surface area (Å²) >= 11 is 3.46. The minimum atomic E-state index is -0.295. The van der Waals surface area contributed by atoms with Gasteiger partial charge in [-0.25, -0.2) is 4.39 Å². The standard InChI is InChI=1S/C16H17BrFNO/c1-3-19-10-12-8-13(17)5-7-15(12)20-16-9-14(18)6-4-11(16)2/h4-9,19H,3,10H2,1-2H3. The number of nitrogens with one attached hydrogen (secondary N) is 1. The Morgan fingerprint density at radius 3 is 2.70 bits per heavy atom. The van der Waals surface area contributed by atoms with E-state index in [4.69, 9.17) is 4.74 Å². The van der Waals surface area contributed by atoms with Crippen LogP contribution in [0.3, 0.4) is 0 Å². The van der Waals surface area contributed by atoms with Crippen molar-refractivity contribution in [3.05, 3.63) is 57.8 Å². The van der Waals surface area contributed by atoms with E-state index in [0.717, 1.165) is 27.9 Å². The monoisotopic (exact) mass is 337 g/mol. The maximum atomic E-state index is 13.3. The van der Waals surface area contributed by atoms with E-state index in [1.54, 1.807) is 6.07 Å². The highest BCUT2D eigenvalue weighted by atomic mass is 79.9. The Morgan fingerprint density at radius 1 is 1.15 bits per heavy atom. The second kappa shape index (κ2) is 6.86. The van der Waals surface area contributed by atoms with Crippen molar-refractivity contribution in [2.45, 2.75) is 20.4 Å². The molecule has 106 valence electrons. The van der Waals surface area contributed by atoms with Crippen LogP contribution in [-0.4, -0.2) is 6.54 Å². The fraction of sp³-hybridized carbons (Fsp3) is 0.250. The Morgan fingerprint density at radius 2 is 1.95 bits per heavy atom. The zero-order chi connectivity index (χ0) is 14.5. The number of rotatable bonds is 5. The quantitative estimate of drug-likeness (QED) is 0.846. The molecule has 2 aromatic rings. The van der Waals surface area contributed by atoms with Gasteiger partial charge in [0.05, 0.1) is 0 Å². The fourth-order valence-corrected chi connectivity index (χ4v) is 2.26. The van der Waals surface area contributed by atoms with E-state index >= 15 is 0 Å². The lowest BCUT2D eigenvalue weighted by Gasteiger charge is -2.13. The second-order valence-electron chi connectivity index (χ2n) is 4.54. The highest BCUT2D eigenvalue weighted by molar-refractivity contribution is 9.10. The molecule has 0 saturated carbocycles. The Bertz CT molecular complexity index is 601. The number of ether oxygens (including phenoxy) is 1. The molecule has 2 aromatic carbocycles. The third-order valence-electron chi connectivity index (χ3n) is 2.96. The minimum Gasteiger partial charge on any atom is -0.457 e. The summed E-state index contributed by atoms with van der Waals surface area (Å²) in [6.45, 7) is 5.54. The van der Waals surface area contributed by atoms with E-state index in [2.05, 4.69) is 28.2 Å².